The molecule has 1 N–H and O–H groups in total. The van der Waals surface area contributed by atoms with E-state index in [4.69, 9.17) is 0 Å². The van der Waals surface area contributed by atoms with E-state index in [0.29, 0.717) is 11.5 Å². The lowest BCUT2D eigenvalue weighted by atomic mass is 9.87. The largest absolute Gasteiger partial charge is 0.313 e. The number of amides is 1. The van der Waals surface area contributed by atoms with Crippen molar-refractivity contribution in [3.63, 3.8) is 0 Å². The van der Waals surface area contributed by atoms with Gasteiger partial charge in [0.25, 0.3) is 5.91 Å². The zero-order valence-corrected chi connectivity index (χ0v) is 21.9. The molecular formula is C32H34N2OS. The van der Waals surface area contributed by atoms with Crippen molar-refractivity contribution in [3.05, 3.63) is 124 Å². The SMILES string of the molecule is Cc1sc(NC(=O)c2ccccc2)c(C(c2ccccc2)N2CCC(Cc3ccccc3)CC2)c1C. The number of aryl methyl sites for hydroxylation is 1. The Morgan fingerprint density at radius 3 is 2.11 bits per heavy atom. The maximum atomic E-state index is 13.1. The van der Waals surface area contributed by atoms with Crippen LogP contribution in [0.2, 0.25) is 0 Å². The fraction of sp³-hybridized carbons (Fsp3) is 0.281. The molecule has 1 aliphatic rings. The van der Waals surface area contributed by atoms with Crippen molar-refractivity contribution < 1.29 is 4.79 Å². The summed E-state index contributed by atoms with van der Waals surface area (Å²) >= 11 is 1.69. The summed E-state index contributed by atoms with van der Waals surface area (Å²) in [6, 6.07) is 31.3. The lowest BCUT2D eigenvalue weighted by Gasteiger charge is -2.38. The lowest BCUT2D eigenvalue weighted by molar-refractivity contribution is 0.102. The van der Waals surface area contributed by atoms with Gasteiger partial charge in [0.1, 0.15) is 5.00 Å². The van der Waals surface area contributed by atoms with Gasteiger partial charge >= 0.3 is 0 Å². The third-order valence-corrected chi connectivity index (χ3v) is 8.60. The van der Waals surface area contributed by atoms with Crippen molar-refractivity contribution in [3.8, 4) is 0 Å². The first-order chi connectivity index (χ1) is 17.6. The van der Waals surface area contributed by atoms with E-state index >= 15 is 0 Å². The Labute approximate surface area is 218 Å². The number of nitrogens with zero attached hydrogens (tertiary/aromatic N) is 1. The number of hydrogen-bond donors (Lipinski definition) is 1. The Morgan fingerprint density at radius 1 is 0.889 bits per heavy atom. The van der Waals surface area contributed by atoms with Crippen LogP contribution < -0.4 is 5.32 Å². The maximum Gasteiger partial charge on any atom is 0.256 e. The minimum atomic E-state index is -0.0496. The molecule has 1 aromatic heterocycles. The van der Waals surface area contributed by atoms with Crippen LogP contribution in [0.15, 0.2) is 91.0 Å². The fourth-order valence-corrected chi connectivity index (χ4v) is 6.48. The molecule has 1 amide bonds. The molecule has 4 aromatic rings. The predicted molar refractivity (Wildman–Crippen MR) is 151 cm³/mol. The number of piperidine rings is 1. The molecule has 36 heavy (non-hydrogen) atoms. The quantitative estimate of drug-likeness (QED) is 0.286. The summed E-state index contributed by atoms with van der Waals surface area (Å²) in [7, 11) is 0. The van der Waals surface area contributed by atoms with Gasteiger partial charge in [0.15, 0.2) is 0 Å². The van der Waals surface area contributed by atoms with Crippen LogP contribution in [0.4, 0.5) is 5.00 Å². The molecule has 1 saturated heterocycles. The van der Waals surface area contributed by atoms with E-state index in [1.165, 1.54) is 40.0 Å². The standard InChI is InChI=1S/C32H34N2OS/c1-23-24(2)36-32(33-31(35)28-16-10-5-11-17-28)29(23)30(27-14-8-4-9-15-27)34-20-18-26(19-21-34)22-25-12-6-3-7-13-25/h3-17,26,30H,18-22H2,1-2H3,(H,33,35). The van der Waals surface area contributed by atoms with Gasteiger partial charge in [-0.05, 0) is 80.9 Å². The number of hydrogen-bond acceptors (Lipinski definition) is 3. The van der Waals surface area contributed by atoms with Gasteiger partial charge in [-0.15, -0.1) is 11.3 Å². The van der Waals surface area contributed by atoms with Gasteiger partial charge < -0.3 is 5.32 Å². The molecule has 0 aliphatic carbocycles. The summed E-state index contributed by atoms with van der Waals surface area (Å²) in [5.41, 5.74) is 5.93. The Kier molecular flexibility index (Phi) is 7.64. The molecule has 0 spiro atoms. The number of thiophene rings is 1. The fourth-order valence-electron chi connectivity index (χ4n) is 5.39. The number of likely N-dealkylation sites (tertiary alicyclic amines) is 1. The van der Waals surface area contributed by atoms with Gasteiger partial charge in [0.2, 0.25) is 0 Å². The number of nitrogens with one attached hydrogen (secondary N) is 1. The van der Waals surface area contributed by atoms with E-state index in [2.05, 4.69) is 84.7 Å². The first-order valence-electron chi connectivity index (χ1n) is 12.9. The van der Waals surface area contributed by atoms with Crippen LogP contribution in [0.25, 0.3) is 0 Å². The second kappa shape index (κ2) is 11.2. The third-order valence-electron chi connectivity index (χ3n) is 7.47. The normalized spacial score (nSPS) is 15.5. The molecule has 0 radical (unpaired) electrons. The van der Waals surface area contributed by atoms with Crippen LogP contribution in [-0.4, -0.2) is 23.9 Å². The summed E-state index contributed by atoms with van der Waals surface area (Å²) in [4.78, 5) is 17.0. The molecule has 3 aromatic carbocycles. The van der Waals surface area contributed by atoms with Gasteiger partial charge in [0, 0.05) is 16.0 Å². The van der Waals surface area contributed by atoms with Crippen molar-refractivity contribution in [1.82, 2.24) is 4.90 Å². The Bertz CT molecular complexity index is 1280. The number of rotatable bonds is 7. The lowest BCUT2D eigenvalue weighted by Crippen LogP contribution is -2.38. The first kappa shape index (κ1) is 24.5. The monoisotopic (exact) mass is 494 g/mol. The van der Waals surface area contributed by atoms with Gasteiger partial charge in [0.05, 0.1) is 6.04 Å². The van der Waals surface area contributed by atoms with Gasteiger partial charge in [-0.25, -0.2) is 0 Å². The Morgan fingerprint density at radius 2 is 1.47 bits per heavy atom. The molecule has 4 heteroatoms. The molecule has 2 heterocycles. The Balaban J connectivity index is 1.42. The van der Waals surface area contributed by atoms with E-state index in [9.17, 15) is 4.79 Å². The molecule has 1 aliphatic heterocycles. The summed E-state index contributed by atoms with van der Waals surface area (Å²) in [6.07, 6.45) is 3.53. The summed E-state index contributed by atoms with van der Waals surface area (Å²) in [6.45, 7) is 6.47. The van der Waals surface area contributed by atoms with E-state index in [0.717, 1.165) is 24.5 Å². The minimum absolute atomic E-state index is 0.0496. The minimum Gasteiger partial charge on any atom is -0.313 e. The molecule has 3 nitrogen and oxygen atoms in total. The molecule has 184 valence electrons. The van der Waals surface area contributed by atoms with E-state index in [1.54, 1.807) is 11.3 Å². The highest BCUT2D eigenvalue weighted by atomic mass is 32.1. The highest BCUT2D eigenvalue weighted by Crippen LogP contribution is 2.43. The van der Waals surface area contributed by atoms with Crippen LogP contribution >= 0.6 is 11.3 Å². The third kappa shape index (κ3) is 5.45. The van der Waals surface area contributed by atoms with Gasteiger partial charge in [-0.1, -0.05) is 78.9 Å². The zero-order valence-electron chi connectivity index (χ0n) is 21.1. The number of carbonyl (C=O) groups is 1. The van der Waals surface area contributed by atoms with Gasteiger partial charge in [-0.2, -0.15) is 0 Å². The highest BCUT2D eigenvalue weighted by Gasteiger charge is 2.32. The van der Waals surface area contributed by atoms with Crippen LogP contribution in [-0.2, 0) is 6.42 Å². The van der Waals surface area contributed by atoms with Crippen LogP contribution in [0.3, 0.4) is 0 Å². The van der Waals surface area contributed by atoms with E-state index in [1.807, 2.05) is 30.3 Å². The molecule has 1 fully saturated rings. The van der Waals surface area contributed by atoms with Crippen molar-refractivity contribution in [2.24, 2.45) is 5.92 Å². The summed E-state index contributed by atoms with van der Waals surface area (Å²) in [5, 5.41) is 4.24. The molecule has 5 rings (SSSR count). The first-order valence-corrected chi connectivity index (χ1v) is 13.7. The highest BCUT2D eigenvalue weighted by molar-refractivity contribution is 7.16. The van der Waals surface area contributed by atoms with E-state index < -0.39 is 0 Å². The van der Waals surface area contributed by atoms with Crippen molar-refractivity contribution in [2.75, 3.05) is 18.4 Å². The van der Waals surface area contributed by atoms with Crippen molar-refractivity contribution >= 4 is 22.2 Å². The van der Waals surface area contributed by atoms with Crippen molar-refractivity contribution in [2.45, 2.75) is 39.2 Å². The molecule has 0 saturated carbocycles. The van der Waals surface area contributed by atoms with E-state index in [-0.39, 0.29) is 11.9 Å². The average molecular weight is 495 g/mol. The maximum absolute atomic E-state index is 13.1. The second-order valence-electron chi connectivity index (χ2n) is 9.83. The topological polar surface area (TPSA) is 32.3 Å². The second-order valence-corrected chi connectivity index (χ2v) is 11.1. The molecule has 1 atom stereocenters. The van der Waals surface area contributed by atoms with Gasteiger partial charge in [-0.3, -0.25) is 9.69 Å². The smallest absolute Gasteiger partial charge is 0.256 e. The number of carbonyl (C=O) groups excluding carboxylic acids is 1. The van der Waals surface area contributed by atoms with Crippen molar-refractivity contribution in [1.29, 1.82) is 0 Å². The zero-order chi connectivity index (χ0) is 24.9. The van der Waals surface area contributed by atoms with Crippen LogP contribution in [0.5, 0.6) is 0 Å². The predicted octanol–water partition coefficient (Wildman–Crippen LogP) is 7.66. The molecule has 0 bridgehead atoms. The summed E-state index contributed by atoms with van der Waals surface area (Å²) in [5.74, 6) is 0.661. The molecular weight excluding hydrogens is 460 g/mol. The number of benzene rings is 3. The van der Waals surface area contributed by atoms with Crippen LogP contribution in [0, 0.1) is 19.8 Å². The Hall–Kier alpha value is -3.21. The number of anilines is 1. The van der Waals surface area contributed by atoms with Crippen LogP contribution in [0.1, 0.15) is 56.4 Å². The molecule has 1 unspecified atom stereocenters. The average Bonchev–Trinajstić information content (AvgIpc) is 3.19. The summed E-state index contributed by atoms with van der Waals surface area (Å²) < 4.78 is 0.